The van der Waals surface area contributed by atoms with Crippen LogP contribution in [-0.2, 0) is 47.7 Å². The van der Waals surface area contributed by atoms with Crippen molar-refractivity contribution in [1.82, 2.24) is 5.32 Å². The van der Waals surface area contributed by atoms with E-state index < -0.39 is 112 Å². The Morgan fingerprint density at radius 1 is 0.831 bits per heavy atom. The number of aliphatic hydroxyl groups excluding tert-OH is 3. The molecule has 1 saturated heterocycles. The molecule has 1 amide bonds. The summed E-state index contributed by atoms with van der Waals surface area (Å²) in [6, 6.07) is 25.7. The summed E-state index contributed by atoms with van der Waals surface area (Å²) < 4.78 is 34.5. The maximum atomic E-state index is 14.9. The van der Waals surface area contributed by atoms with E-state index in [2.05, 4.69) is 5.32 Å². The monoisotopic (exact) mass is 1150 g/mol. The summed E-state index contributed by atoms with van der Waals surface area (Å²) in [7, 11) is 1.44. The van der Waals surface area contributed by atoms with Crippen molar-refractivity contribution in [2.45, 2.75) is 134 Å². The number of ketones is 3. The first-order chi connectivity index (χ1) is 39.0. The number of hydrogen-bond acceptors (Lipinski definition) is 19. The van der Waals surface area contributed by atoms with Gasteiger partial charge in [0.05, 0.1) is 49.2 Å². The molecule has 0 aromatic heterocycles. The van der Waals surface area contributed by atoms with E-state index in [9.17, 15) is 64.2 Å². The fraction of sp³-hybridized carbons (Fsp3) is 0.413. The number of ether oxygens (including phenoxy) is 6. The van der Waals surface area contributed by atoms with Gasteiger partial charge < -0.3 is 64.4 Å². The van der Waals surface area contributed by atoms with Crippen molar-refractivity contribution in [2.75, 3.05) is 13.7 Å². The SMILES string of the molecule is CC(=O)O[C@@]12CO[C@@H]1C[C@H](O)[C@@]1(C)C(=O)[C@H](O)C3=C(C)[C@@H](OC(=O)[C@H](O)[C@@H](NC(=O)OC(C)(C)C)c4ccccc4)C[C@@](O)([C@@H](OC(=O)c4ccccc4)[C@H]21)C3(C)C.COc1cc(/C=C/C(=O)CC(=O)/C=C/c2ccc(O)cc2)ccc1O. The molecule has 2 bridgehead atoms. The van der Waals surface area contributed by atoms with E-state index in [0.29, 0.717) is 16.9 Å². The highest BCUT2D eigenvalue weighted by atomic mass is 16.6. The zero-order valence-corrected chi connectivity index (χ0v) is 47.6. The first-order valence-electron chi connectivity index (χ1n) is 26.9. The Labute approximate surface area is 480 Å². The van der Waals surface area contributed by atoms with Gasteiger partial charge in [0.15, 0.2) is 40.6 Å². The van der Waals surface area contributed by atoms with Crippen LogP contribution in [0.4, 0.5) is 4.79 Å². The maximum absolute atomic E-state index is 14.9. The van der Waals surface area contributed by atoms with Gasteiger partial charge in [-0.3, -0.25) is 19.2 Å². The van der Waals surface area contributed by atoms with Crippen LogP contribution < -0.4 is 10.1 Å². The topological polar surface area (TPSA) is 308 Å². The third-order valence-corrected chi connectivity index (χ3v) is 15.9. The zero-order valence-electron chi connectivity index (χ0n) is 47.6. The van der Waals surface area contributed by atoms with Crippen molar-refractivity contribution >= 4 is 53.5 Å². The lowest BCUT2D eigenvalue weighted by Gasteiger charge is -2.67. The molecular weight excluding hydrogens is 1070 g/mol. The molecule has 0 spiro atoms. The van der Waals surface area contributed by atoms with Crippen molar-refractivity contribution in [3.8, 4) is 17.2 Å². The summed E-state index contributed by atoms with van der Waals surface area (Å²) in [6.45, 7) is 11.8. The largest absolute Gasteiger partial charge is 0.508 e. The van der Waals surface area contributed by atoms with Gasteiger partial charge in [0, 0.05) is 25.2 Å². The lowest BCUT2D eigenvalue weighted by molar-refractivity contribution is -0.346. The summed E-state index contributed by atoms with van der Waals surface area (Å²) in [6.07, 6.45) is -5.92. The molecule has 4 aliphatic rings. The van der Waals surface area contributed by atoms with Crippen LogP contribution >= 0.6 is 0 Å². The fourth-order valence-corrected chi connectivity index (χ4v) is 11.6. The van der Waals surface area contributed by atoms with E-state index in [4.69, 9.17) is 28.4 Å². The van der Waals surface area contributed by atoms with Gasteiger partial charge in [-0.2, -0.15) is 0 Å². The van der Waals surface area contributed by atoms with Gasteiger partial charge in [-0.05, 0) is 111 Å². The fourth-order valence-electron chi connectivity index (χ4n) is 11.6. The van der Waals surface area contributed by atoms with Gasteiger partial charge in [-0.25, -0.2) is 14.4 Å². The molecule has 442 valence electrons. The minimum atomic E-state index is -2.35. The number of esters is 3. The molecule has 7 N–H and O–H groups in total. The van der Waals surface area contributed by atoms with Crippen molar-refractivity contribution in [3.63, 3.8) is 0 Å². The van der Waals surface area contributed by atoms with Crippen LogP contribution in [0, 0.1) is 16.7 Å². The Kier molecular flexibility index (Phi) is 18.7. The Morgan fingerprint density at radius 3 is 1.99 bits per heavy atom. The average molecular weight is 1150 g/mol. The molecule has 1 aliphatic heterocycles. The Morgan fingerprint density at radius 2 is 1.42 bits per heavy atom. The minimum Gasteiger partial charge on any atom is -0.508 e. The first-order valence-corrected chi connectivity index (χ1v) is 26.9. The predicted molar refractivity (Wildman–Crippen MR) is 299 cm³/mol. The highest BCUT2D eigenvalue weighted by Crippen LogP contribution is 2.64. The highest BCUT2D eigenvalue weighted by molar-refractivity contribution is 6.11. The van der Waals surface area contributed by atoms with Gasteiger partial charge in [-0.15, -0.1) is 0 Å². The Bertz CT molecular complexity index is 3180. The highest BCUT2D eigenvalue weighted by Gasteiger charge is 2.78. The van der Waals surface area contributed by atoms with Crippen LogP contribution in [0.25, 0.3) is 12.2 Å². The summed E-state index contributed by atoms with van der Waals surface area (Å²) in [5.74, 6) is -5.53. The number of hydrogen-bond donors (Lipinski definition) is 7. The second-order valence-electron chi connectivity index (χ2n) is 22.9. The quantitative estimate of drug-likeness (QED) is 0.0216. The van der Waals surface area contributed by atoms with Gasteiger partial charge >= 0.3 is 24.0 Å². The smallest absolute Gasteiger partial charge is 0.408 e. The van der Waals surface area contributed by atoms with E-state index in [0.717, 1.165) is 12.5 Å². The van der Waals surface area contributed by atoms with Crippen molar-refractivity contribution < 1.29 is 92.6 Å². The number of alkyl carbamates (subject to hydrolysis) is 1. The molecule has 2 saturated carbocycles. The number of phenolic OH excluding ortho intramolecular Hbond substituents is 2. The molecular formula is C63H71NO19. The Balaban J connectivity index is 0.000000330. The molecule has 20 nitrogen and oxygen atoms in total. The number of methoxy groups -OCH3 is 1. The van der Waals surface area contributed by atoms with E-state index >= 15 is 0 Å². The molecule has 4 aromatic rings. The van der Waals surface area contributed by atoms with Crippen LogP contribution in [0.2, 0.25) is 0 Å². The van der Waals surface area contributed by atoms with E-state index in [1.807, 2.05) is 0 Å². The van der Waals surface area contributed by atoms with Crippen molar-refractivity contribution in [2.24, 2.45) is 16.7 Å². The number of phenols is 2. The van der Waals surface area contributed by atoms with Crippen molar-refractivity contribution in [3.05, 3.63) is 149 Å². The summed E-state index contributed by atoms with van der Waals surface area (Å²) in [5.41, 5.74) is -6.70. The molecule has 4 aromatic carbocycles. The molecule has 1 heterocycles. The predicted octanol–water partition coefficient (Wildman–Crippen LogP) is 6.62. The second kappa shape index (κ2) is 24.8. The molecule has 83 heavy (non-hydrogen) atoms. The Hall–Kier alpha value is -8.01. The van der Waals surface area contributed by atoms with Crippen LogP contribution in [0.3, 0.4) is 0 Å². The number of amides is 1. The van der Waals surface area contributed by atoms with Crippen LogP contribution in [0.1, 0.15) is 108 Å². The molecule has 0 unspecified atom stereocenters. The lowest BCUT2D eigenvalue weighted by Crippen LogP contribution is -2.81. The van der Waals surface area contributed by atoms with Gasteiger partial charge in [-0.1, -0.05) is 92.7 Å². The van der Waals surface area contributed by atoms with Gasteiger partial charge in [0.25, 0.3) is 0 Å². The third-order valence-electron chi connectivity index (χ3n) is 15.9. The van der Waals surface area contributed by atoms with Crippen LogP contribution in [0.5, 0.6) is 17.2 Å². The molecule has 8 rings (SSSR count). The standard InChI is InChI=1S/C43H53NO14.C20H18O5/c1-22-26(55-37(51)32(48)30(24-15-11-9-12-16-24)44-38(52)58-39(3,4)5)20-43(53)35(56-36(50)25-17-13-10-14-18-25)33-41(8,34(49)31(47)29(22)40(43,6)7)27(46)19-28-42(33,21-54-28)57-23(2)45;1-25-20-12-15(6-11-19(20)24)5-10-18(23)13-17(22)9-4-14-2-7-16(21)8-3-14/h9-18,26-28,30-33,35,46-48,53H,19-21H2,1-8H3,(H,44,52);2-12,21,24H,13H2,1H3/b;9-4+,10-5+/t26-,27-,28+,30-,31+,32+,33-,35-,41+,42-,43+;/m0./s1. The normalized spacial score (nSPS) is 26.9. The number of aliphatic hydroxyl groups is 4. The lowest BCUT2D eigenvalue weighted by atomic mass is 9.44. The molecule has 3 aliphatic carbocycles. The number of fused-ring (bicyclic) bond motifs is 5. The molecule has 3 fully saturated rings. The first kappa shape index (κ1) is 62.6. The molecule has 11 atom stereocenters. The molecule has 0 radical (unpaired) electrons. The second-order valence-corrected chi connectivity index (χ2v) is 22.9. The van der Waals surface area contributed by atoms with E-state index in [-0.39, 0.29) is 59.2 Å². The summed E-state index contributed by atoms with van der Waals surface area (Å²) in [4.78, 5) is 92.6. The number of Topliss-reactive ketones (excluding diaryl/α,β-unsaturated/α-hetero) is 1. The van der Waals surface area contributed by atoms with Gasteiger partial charge in [0.1, 0.15) is 41.4 Å². The summed E-state index contributed by atoms with van der Waals surface area (Å²) in [5, 5.41) is 70.3. The average Bonchev–Trinajstić information content (AvgIpc) is 0.730. The number of allylic oxidation sites excluding steroid dienone is 2. The van der Waals surface area contributed by atoms with Crippen LogP contribution in [-0.4, -0.2) is 139 Å². The number of rotatable bonds is 15. The maximum Gasteiger partial charge on any atom is 0.408 e. The number of nitrogens with one attached hydrogen (secondary N) is 1. The number of carbonyl (C=O) groups is 7. The number of aromatic hydroxyl groups is 2. The van der Waals surface area contributed by atoms with Crippen molar-refractivity contribution in [1.29, 1.82) is 0 Å². The molecule has 20 heteroatoms. The van der Waals surface area contributed by atoms with E-state index in [1.54, 1.807) is 120 Å². The minimum absolute atomic E-state index is 0.0144. The zero-order chi connectivity index (χ0) is 61.0. The third kappa shape index (κ3) is 13.1. The van der Waals surface area contributed by atoms with Gasteiger partial charge in [0.2, 0.25) is 0 Å². The number of carbonyl (C=O) groups excluding carboxylic acids is 7. The van der Waals surface area contributed by atoms with E-state index in [1.165, 1.54) is 63.4 Å². The van der Waals surface area contributed by atoms with Crippen LogP contribution in [0.15, 0.2) is 126 Å². The summed E-state index contributed by atoms with van der Waals surface area (Å²) >= 11 is 0. The number of benzene rings is 4.